The van der Waals surface area contributed by atoms with Crippen molar-refractivity contribution >= 4 is 0 Å². The van der Waals surface area contributed by atoms with Crippen LogP contribution >= 0.6 is 0 Å². The van der Waals surface area contributed by atoms with E-state index in [2.05, 4.69) is 9.47 Å². The first-order chi connectivity index (χ1) is 9.28. The summed E-state index contributed by atoms with van der Waals surface area (Å²) in [5, 5.41) is 0. The number of hydrogen-bond donors (Lipinski definition) is 0. The maximum atomic E-state index is 12.6. The Morgan fingerprint density at radius 3 is 2.05 bits per heavy atom. The van der Waals surface area contributed by atoms with Gasteiger partial charge in [-0.15, -0.1) is 0 Å². The van der Waals surface area contributed by atoms with Crippen LogP contribution in [0.15, 0.2) is 0 Å². The molecule has 0 N–H and O–H groups in total. The van der Waals surface area contributed by atoms with Gasteiger partial charge in [0.05, 0.1) is 26.4 Å². The quantitative estimate of drug-likeness (QED) is 0.182. The smallest absolute Gasteiger partial charge is 0.258 e. The molecule has 1 saturated heterocycles. The van der Waals surface area contributed by atoms with Crippen LogP contribution in [0.4, 0.5) is 26.3 Å². The molecule has 1 aliphatic heterocycles. The zero-order chi connectivity index (χ0) is 15.2. The molecule has 22 heavy (non-hydrogen) atoms. The van der Waals surface area contributed by atoms with Crippen molar-refractivity contribution in [2.24, 2.45) is 0 Å². The average Bonchev–Trinajstić information content (AvgIpc) is 3.20. The second-order valence-corrected chi connectivity index (χ2v) is 3.89. The Hall–Kier alpha value is -2.58. The van der Waals surface area contributed by atoms with Gasteiger partial charge in [-0.1, -0.05) is 13.3 Å². The molecule has 1 aliphatic rings. The molecule has 1 fully saturated rings. The molecule has 0 radical (unpaired) electrons. The monoisotopic (exact) mass is 844 g/mol. The Morgan fingerprint density at radius 1 is 1.05 bits per heavy atom. The van der Waals surface area contributed by atoms with Crippen LogP contribution in [0, 0.1) is 13.3 Å². The van der Waals surface area contributed by atoms with Gasteiger partial charge in [-0.25, -0.2) is 17.6 Å². The molecule has 0 aromatic heterocycles. The van der Waals surface area contributed by atoms with Crippen molar-refractivity contribution < 1.29 is 45.3 Å². The van der Waals surface area contributed by atoms with Crippen LogP contribution in [0.5, 0.6) is 0 Å². The Morgan fingerprint density at radius 2 is 1.59 bits per heavy atom. The number of ether oxygens (including phenoxy) is 4. The Kier molecular flexibility index (Phi) is 8.54. The van der Waals surface area contributed by atoms with Crippen LogP contribution < -0.4 is 0 Å². The number of epoxide rings is 1. The predicted molar refractivity (Wildman–Crippen MR) is 52.1 cm³/mol. The van der Waals surface area contributed by atoms with E-state index in [-0.39, 0.29) is 12.7 Å². The summed E-state index contributed by atoms with van der Waals surface area (Å²) >= 11 is 0. The average molecular weight is 844 g/mol. The molecule has 0 saturated carbocycles. The molecule has 0 aromatic rings. The van der Waals surface area contributed by atoms with Gasteiger partial charge in [-0.2, -0.15) is 0 Å². The van der Waals surface area contributed by atoms with Crippen molar-refractivity contribution in [3.63, 3.8) is 0 Å². The Labute approximate surface area is 110 Å². The molecule has 0 amide bonds. The van der Waals surface area contributed by atoms with Gasteiger partial charge in [-0.3, -0.25) is 0 Å². The topological polar surface area (TPSA) is 40.2 Å². The van der Waals surface area contributed by atoms with E-state index in [1.54, 1.807) is 0 Å². The second kappa shape index (κ2) is 8.65. The number of alkyl halides is 4. The Balaban J connectivity index is 0. The van der Waals surface area contributed by atoms with Gasteiger partial charge >= 0.3 is 0 Å². The largest absolute Gasteiger partial charge is 0.451 e. The van der Waals surface area contributed by atoms with E-state index in [9.17, 15) is 26.3 Å². The zero-order valence-electron chi connectivity index (χ0n) is 11.5. The first-order valence-corrected chi connectivity index (χ1v) is 5.44. The van der Waals surface area contributed by atoms with Gasteiger partial charge in [0.25, 0.3) is 12.2 Å². The number of halogens is 6. The van der Waals surface area contributed by atoms with Gasteiger partial charge in [0, 0.05) is 0 Å². The molecule has 4 nitrogen and oxygen atoms in total. The number of hydrogen-bond acceptors (Lipinski definition) is 4. The maximum absolute atomic E-state index is 12.6. The van der Waals surface area contributed by atoms with Crippen LogP contribution in [-0.2, 0) is 18.9 Å². The SMILES string of the molecule is F[CH-]C(F)(F)OCC(COCC1CO1)OC(F)(F)[CH-]F.[Rf].[Rf]. The van der Waals surface area contributed by atoms with Gasteiger partial charge in [-0.05, 0) is 0 Å². The maximum Gasteiger partial charge on any atom is 0.258 e. The van der Waals surface area contributed by atoms with Crippen molar-refractivity contribution in [1.29, 1.82) is 0 Å². The second-order valence-electron chi connectivity index (χ2n) is 3.89. The minimum absolute atomic E-state index is 0. The van der Waals surface area contributed by atoms with Crippen molar-refractivity contribution in [1.82, 2.24) is 0 Å². The third-order valence-electron chi connectivity index (χ3n) is 2.05. The molecule has 1 rings (SSSR count). The third-order valence-corrected chi connectivity index (χ3v) is 2.05. The van der Waals surface area contributed by atoms with Crippen LogP contribution in [-0.4, -0.2) is 50.9 Å². The van der Waals surface area contributed by atoms with Crippen LogP contribution in [0.3, 0.4) is 0 Å². The van der Waals surface area contributed by atoms with Gasteiger partial charge in [0.1, 0.15) is 12.2 Å². The molecule has 0 aliphatic carbocycles. The fraction of sp³-hybridized carbons (Fsp3) is 0.800. The summed E-state index contributed by atoms with van der Waals surface area (Å²) < 4.78 is 91.0. The Bertz CT molecular complexity index is 297. The van der Waals surface area contributed by atoms with E-state index in [1.807, 2.05) is 0 Å². The van der Waals surface area contributed by atoms with E-state index >= 15 is 0 Å². The number of rotatable bonds is 11. The first kappa shape index (κ1) is 21.7. The zero-order valence-corrected chi connectivity index (χ0v) is 24.3. The minimum Gasteiger partial charge on any atom is -0.451 e. The summed E-state index contributed by atoms with van der Waals surface area (Å²) in [6, 6.07) is 0. The molecule has 12 heteroatoms. The molecule has 0 aromatic carbocycles. The molecule has 2 unspecified atom stereocenters. The summed E-state index contributed by atoms with van der Waals surface area (Å²) in [6.45, 7) is -3.33. The normalized spacial score (nSPS) is 19.1. The van der Waals surface area contributed by atoms with Crippen molar-refractivity contribution in [3.05, 3.63) is 13.3 Å². The van der Waals surface area contributed by atoms with E-state index in [4.69, 9.17) is 9.47 Å². The summed E-state index contributed by atoms with van der Waals surface area (Å²) in [4.78, 5) is 0. The molecular weight excluding hydrogens is 832 g/mol. The van der Waals surface area contributed by atoms with Gasteiger partial charge < -0.3 is 27.7 Å². The van der Waals surface area contributed by atoms with E-state index in [0.29, 0.717) is 6.61 Å². The van der Waals surface area contributed by atoms with Crippen molar-refractivity contribution in [2.45, 2.75) is 24.4 Å². The van der Waals surface area contributed by atoms with E-state index < -0.39 is 44.9 Å². The summed E-state index contributed by atoms with van der Waals surface area (Å²) in [7, 11) is 0. The molecular formula is C10H12F6O4Rf2-2. The molecule has 1 heterocycles. The molecule has 2 atom stereocenters. The fourth-order valence-corrected chi connectivity index (χ4v) is 1.09. The predicted octanol–water partition coefficient (Wildman–Crippen LogP) is 2.25. The minimum atomic E-state index is -4.29. The summed E-state index contributed by atoms with van der Waals surface area (Å²) in [5.74, 6) is 0. The third kappa shape index (κ3) is 8.56. The molecule has 124 valence electrons. The summed E-state index contributed by atoms with van der Waals surface area (Å²) in [6.07, 6.45) is -10.5. The van der Waals surface area contributed by atoms with Gasteiger partial charge in [0.2, 0.25) is 0 Å². The molecule has 0 spiro atoms. The van der Waals surface area contributed by atoms with Crippen molar-refractivity contribution in [2.75, 3.05) is 26.4 Å². The van der Waals surface area contributed by atoms with Crippen LogP contribution in [0.2, 0.25) is 0 Å². The van der Waals surface area contributed by atoms with E-state index in [1.165, 1.54) is 0 Å². The van der Waals surface area contributed by atoms with Gasteiger partial charge in [0.15, 0.2) is 0 Å². The first-order valence-electron chi connectivity index (χ1n) is 5.44. The summed E-state index contributed by atoms with van der Waals surface area (Å²) in [5.41, 5.74) is 0. The van der Waals surface area contributed by atoms with Crippen LogP contribution in [0.25, 0.3) is 0 Å². The van der Waals surface area contributed by atoms with Crippen LogP contribution in [0.1, 0.15) is 0 Å². The molecule has 0 bridgehead atoms. The van der Waals surface area contributed by atoms with Crippen molar-refractivity contribution in [3.8, 4) is 0 Å². The fourth-order valence-electron chi connectivity index (χ4n) is 1.09. The standard InChI is InChI=1S/C10H12F6O4.2Rf/c11-5-9(13,14)19-4-8(20-10(15,16)6-12)2-17-1-7-3-18-7;;/h5-8H,1-4H2;;/q-2;;. The van der Waals surface area contributed by atoms with E-state index in [0.717, 1.165) is 0 Å².